The normalized spacial score (nSPS) is 9.89. The Balaban J connectivity index is 2.15. The second-order valence-corrected chi connectivity index (χ2v) is 3.62. The number of amides is 2. The summed E-state index contributed by atoms with van der Waals surface area (Å²) in [6, 6.07) is 6.23. The molecule has 0 fully saturated rings. The number of phenolic OH excluding ortho intramolecular Hbond substituents is 1. The molecule has 0 saturated heterocycles. The number of phenols is 1. The first-order valence-electron chi connectivity index (χ1n) is 5.72. The maximum absolute atomic E-state index is 11.6. The van der Waals surface area contributed by atoms with E-state index in [2.05, 4.69) is 10.6 Å². The lowest BCUT2D eigenvalue weighted by Gasteiger charge is -2.07. The average molecular weight is 268 g/mol. The van der Waals surface area contributed by atoms with Gasteiger partial charge in [0.1, 0.15) is 5.75 Å². The van der Waals surface area contributed by atoms with Gasteiger partial charge >= 0.3 is 6.09 Å². The van der Waals surface area contributed by atoms with Crippen molar-refractivity contribution in [2.75, 3.05) is 26.3 Å². The van der Waals surface area contributed by atoms with Crippen LogP contribution in [-0.4, -0.2) is 48.5 Å². The first-order chi connectivity index (χ1) is 9.11. The summed E-state index contributed by atoms with van der Waals surface area (Å²) in [7, 11) is 0. The van der Waals surface area contributed by atoms with Crippen LogP contribution in [0.4, 0.5) is 4.79 Å². The molecule has 1 rings (SSSR count). The van der Waals surface area contributed by atoms with Gasteiger partial charge in [0.15, 0.2) is 0 Å². The van der Waals surface area contributed by atoms with E-state index in [-0.39, 0.29) is 43.5 Å². The van der Waals surface area contributed by atoms with Crippen molar-refractivity contribution in [3.63, 3.8) is 0 Å². The van der Waals surface area contributed by atoms with E-state index in [1.54, 1.807) is 12.1 Å². The van der Waals surface area contributed by atoms with E-state index < -0.39 is 6.09 Å². The highest BCUT2D eigenvalue weighted by Crippen LogP contribution is 2.14. The minimum Gasteiger partial charge on any atom is -0.507 e. The van der Waals surface area contributed by atoms with E-state index in [9.17, 15) is 14.7 Å². The number of hydrogen-bond donors (Lipinski definition) is 4. The minimum absolute atomic E-state index is 0.0772. The van der Waals surface area contributed by atoms with Gasteiger partial charge < -0.3 is 25.6 Å². The Hall–Kier alpha value is -2.28. The lowest BCUT2D eigenvalue weighted by Crippen LogP contribution is -2.29. The molecule has 0 aliphatic heterocycles. The van der Waals surface area contributed by atoms with Crippen LogP contribution in [0.25, 0.3) is 0 Å². The van der Waals surface area contributed by atoms with Gasteiger partial charge in [-0.25, -0.2) is 4.79 Å². The number of benzene rings is 1. The summed E-state index contributed by atoms with van der Waals surface area (Å²) in [6.07, 6.45) is -1.10. The molecular weight excluding hydrogens is 252 g/mol. The monoisotopic (exact) mass is 268 g/mol. The van der Waals surface area contributed by atoms with Crippen molar-refractivity contribution in [3.05, 3.63) is 29.8 Å². The van der Waals surface area contributed by atoms with Gasteiger partial charge in [0.2, 0.25) is 0 Å². The van der Waals surface area contributed by atoms with Gasteiger partial charge in [0.25, 0.3) is 5.91 Å². The second-order valence-electron chi connectivity index (χ2n) is 3.62. The van der Waals surface area contributed by atoms with Crippen molar-refractivity contribution < 1.29 is 24.5 Å². The number of hydrogen-bond acceptors (Lipinski definition) is 4. The Morgan fingerprint density at radius 1 is 1.11 bits per heavy atom. The predicted molar refractivity (Wildman–Crippen MR) is 67.3 cm³/mol. The minimum atomic E-state index is -1.10. The van der Waals surface area contributed by atoms with Crippen LogP contribution >= 0.6 is 0 Å². The lowest BCUT2D eigenvalue weighted by atomic mass is 10.2. The molecule has 104 valence electrons. The van der Waals surface area contributed by atoms with Crippen LogP contribution in [0.5, 0.6) is 5.75 Å². The summed E-state index contributed by atoms with van der Waals surface area (Å²) >= 11 is 0. The molecular formula is C12H16N2O5. The van der Waals surface area contributed by atoms with Crippen LogP contribution < -0.4 is 10.6 Å². The van der Waals surface area contributed by atoms with Crippen LogP contribution in [0.3, 0.4) is 0 Å². The lowest BCUT2D eigenvalue weighted by molar-refractivity contribution is 0.0914. The topological polar surface area (TPSA) is 108 Å². The highest BCUT2D eigenvalue weighted by molar-refractivity contribution is 5.96. The summed E-state index contributed by atoms with van der Waals surface area (Å²) in [5.41, 5.74) is 0.204. The van der Waals surface area contributed by atoms with Gasteiger partial charge in [-0.3, -0.25) is 4.79 Å². The van der Waals surface area contributed by atoms with E-state index in [1.165, 1.54) is 12.1 Å². The van der Waals surface area contributed by atoms with E-state index in [1.807, 2.05) is 0 Å². The predicted octanol–water partition coefficient (Wildman–Crippen LogP) is 0.406. The molecule has 2 amide bonds. The average Bonchev–Trinajstić information content (AvgIpc) is 2.37. The zero-order valence-corrected chi connectivity index (χ0v) is 10.3. The number of carbonyl (C=O) groups is 2. The molecule has 0 unspecified atom stereocenters. The Kier molecular flexibility index (Phi) is 6.17. The smallest absolute Gasteiger partial charge is 0.404 e. The zero-order valence-electron chi connectivity index (χ0n) is 10.3. The van der Waals surface area contributed by atoms with Crippen LogP contribution in [0.1, 0.15) is 10.4 Å². The fourth-order valence-electron chi connectivity index (χ4n) is 1.33. The standard InChI is InChI=1S/C12H16N2O5/c15-10-4-2-1-3-9(10)11(16)13-5-7-19-8-6-14-12(17)18/h1-4,14-15H,5-8H2,(H,13,16)(H,17,18). The third kappa shape index (κ3) is 5.73. The number of para-hydroxylation sites is 1. The van der Waals surface area contributed by atoms with Gasteiger partial charge in [-0.1, -0.05) is 12.1 Å². The maximum atomic E-state index is 11.6. The van der Waals surface area contributed by atoms with Crippen molar-refractivity contribution in [2.45, 2.75) is 0 Å². The number of carboxylic acid groups (broad SMARTS) is 1. The van der Waals surface area contributed by atoms with Crippen molar-refractivity contribution in [2.24, 2.45) is 0 Å². The fourth-order valence-corrected chi connectivity index (χ4v) is 1.33. The largest absolute Gasteiger partial charge is 0.507 e. The van der Waals surface area contributed by atoms with E-state index in [0.717, 1.165) is 0 Å². The third-order valence-corrected chi connectivity index (χ3v) is 2.20. The molecule has 0 saturated carbocycles. The number of aromatic hydroxyl groups is 1. The van der Waals surface area contributed by atoms with Gasteiger partial charge in [-0.15, -0.1) is 0 Å². The van der Waals surface area contributed by atoms with Crippen LogP contribution in [0.2, 0.25) is 0 Å². The first-order valence-corrected chi connectivity index (χ1v) is 5.72. The Bertz CT molecular complexity index is 436. The number of nitrogens with one attached hydrogen (secondary N) is 2. The molecule has 0 atom stereocenters. The molecule has 4 N–H and O–H groups in total. The summed E-state index contributed by atoms with van der Waals surface area (Å²) in [6.45, 7) is 0.975. The van der Waals surface area contributed by atoms with Crippen molar-refractivity contribution in [1.82, 2.24) is 10.6 Å². The highest BCUT2D eigenvalue weighted by Gasteiger charge is 2.08. The molecule has 1 aromatic rings. The molecule has 19 heavy (non-hydrogen) atoms. The molecule has 1 aromatic carbocycles. The molecule has 0 spiro atoms. The first kappa shape index (κ1) is 14.8. The molecule has 0 aliphatic carbocycles. The summed E-state index contributed by atoms with van der Waals surface area (Å²) < 4.78 is 5.10. The SMILES string of the molecule is O=C(O)NCCOCCNC(=O)c1ccccc1O. The number of ether oxygens (including phenoxy) is 1. The van der Waals surface area contributed by atoms with Crippen molar-refractivity contribution >= 4 is 12.0 Å². The van der Waals surface area contributed by atoms with Crippen LogP contribution in [0.15, 0.2) is 24.3 Å². The summed E-state index contributed by atoms with van der Waals surface area (Å²) in [5.74, 6) is -0.461. The quantitative estimate of drug-likeness (QED) is 0.535. The van der Waals surface area contributed by atoms with Gasteiger partial charge in [0.05, 0.1) is 18.8 Å². The molecule has 0 radical (unpaired) electrons. The number of carbonyl (C=O) groups excluding carboxylic acids is 1. The Labute approximate surface area is 110 Å². The number of rotatable bonds is 7. The van der Waals surface area contributed by atoms with Crippen LogP contribution in [0, 0.1) is 0 Å². The molecule has 0 bridgehead atoms. The Morgan fingerprint density at radius 2 is 1.74 bits per heavy atom. The Morgan fingerprint density at radius 3 is 2.37 bits per heavy atom. The van der Waals surface area contributed by atoms with Gasteiger partial charge in [-0.2, -0.15) is 0 Å². The van der Waals surface area contributed by atoms with E-state index in [0.29, 0.717) is 0 Å². The molecule has 0 aromatic heterocycles. The van der Waals surface area contributed by atoms with Gasteiger partial charge in [0, 0.05) is 13.1 Å². The summed E-state index contributed by atoms with van der Waals surface area (Å²) in [5, 5.41) is 22.5. The fraction of sp³-hybridized carbons (Fsp3) is 0.333. The zero-order chi connectivity index (χ0) is 14.1. The molecule has 7 heteroatoms. The highest BCUT2D eigenvalue weighted by atomic mass is 16.5. The molecule has 7 nitrogen and oxygen atoms in total. The third-order valence-electron chi connectivity index (χ3n) is 2.20. The molecule has 0 heterocycles. The summed E-state index contributed by atoms with van der Waals surface area (Å²) in [4.78, 5) is 21.7. The van der Waals surface area contributed by atoms with E-state index in [4.69, 9.17) is 9.84 Å². The van der Waals surface area contributed by atoms with Crippen molar-refractivity contribution in [3.8, 4) is 5.75 Å². The maximum Gasteiger partial charge on any atom is 0.404 e. The molecule has 0 aliphatic rings. The van der Waals surface area contributed by atoms with Gasteiger partial charge in [-0.05, 0) is 12.1 Å². The van der Waals surface area contributed by atoms with Crippen LogP contribution in [-0.2, 0) is 4.74 Å². The van der Waals surface area contributed by atoms with Crippen molar-refractivity contribution in [1.29, 1.82) is 0 Å². The van der Waals surface area contributed by atoms with E-state index >= 15 is 0 Å². The second kappa shape index (κ2) is 7.93.